The highest BCUT2D eigenvalue weighted by Crippen LogP contribution is 2.18. The topological polar surface area (TPSA) is 19.4 Å². The number of benzene rings is 2. The van der Waals surface area contributed by atoms with Gasteiger partial charge >= 0.3 is 0 Å². The summed E-state index contributed by atoms with van der Waals surface area (Å²) in [6.07, 6.45) is 0. The van der Waals surface area contributed by atoms with Crippen LogP contribution < -0.4 is 4.90 Å². The van der Waals surface area contributed by atoms with E-state index in [1.165, 1.54) is 17.5 Å². The molecule has 0 amide bonds. The van der Waals surface area contributed by atoms with Gasteiger partial charge in [-0.1, -0.05) is 24.3 Å². The summed E-state index contributed by atoms with van der Waals surface area (Å²) in [7, 11) is 0. The van der Waals surface area contributed by atoms with Crippen molar-refractivity contribution in [1.82, 2.24) is 9.88 Å². The van der Waals surface area contributed by atoms with Gasteiger partial charge in [-0.25, -0.2) is 4.39 Å². The van der Waals surface area contributed by atoms with E-state index in [1.807, 2.05) is 24.3 Å². The van der Waals surface area contributed by atoms with Gasteiger partial charge < -0.3 is 4.90 Å². The molecule has 0 atom stereocenters. The largest absolute Gasteiger partial charge is 0.369 e. The Morgan fingerprint density at radius 2 is 1.58 bits per heavy atom. The monoisotopic (exact) mass is 321 g/mol. The van der Waals surface area contributed by atoms with Crippen molar-refractivity contribution in [2.45, 2.75) is 6.54 Å². The zero-order chi connectivity index (χ0) is 16.4. The van der Waals surface area contributed by atoms with E-state index in [9.17, 15) is 4.39 Å². The summed E-state index contributed by atoms with van der Waals surface area (Å²) < 4.78 is 13.0. The lowest BCUT2D eigenvalue weighted by Gasteiger charge is -2.36. The number of piperazine rings is 1. The first-order valence-corrected chi connectivity index (χ1v) is 8.35. The molecule has 1 aromatic heterocycles. The Bertz CT molecular complexity index is 824. The first kappa shape index (κ1) is 15.1. The minimum atomic E-state index is -0.181. The van der Waals surface area contributed by atoms with E-state index >= 15 is 0 Å². The molecule has 1 aliphatic heterocycles. The molecule has 0 radical (unpaired) electrons. The average Bonchev–Trinajstić information content (AvgIpc) is 2.63. The number of anilines is 1. The smallest absolute Gasteiger partial charge is 0.123 e. The molecule has 0 saturated carbocycles. The molecule has 3 nitrogen and oxygen atoms in total. The maximum absolute atomic E-state index is 13.0. The highest BCUT2D eigenvalue weighted by atomic mass is 19.1. The fourth-order valence-corrected chi connectivity index (χ4v) is 3.24. The molecule has 122 valence electrons. The maximum Gasteiger partial charge on any atom is 0.123 e. The van der Waals surface area contributed by atoms with Crippen LogP contribution in [0, 0.1) is 5.82 Å². The number of hydrogen-bond donors (Lipinski definition) is 0. The molecular formula is C20H20FN3. The number of pyridine rings is 1. The summed E-state index contributed by atoms with van der Waals surface area (Å²) in [6.45, 7) is 4.78. The molecule has 4 heteroatoms. The van der Waals surface area contributed by atoms with Crippen molar-refractivity contribution in [3.8, 4) is 0 Å². The van der Waals surface area contributed by atoms with E-state index < -0.39 is 0 Å². The first-order chi connectivity index (χ1) is 11.8. The van der Waals surface area contributed by atoms with Gasteiger partial charge in [0, 0.05) is 43.8 Å². The second-order valence-electron chi connectivity index (χ2n) is 6.23. The van der Waals surface area contributed by atoms with Crippen LogP contribution in [0.2, 0.25) is 0 Å². The molecule has 2 aromatic carbocycles. The van der Waals surface area contributed by atoms with E-state index in [4.69, 9.17) is 4.98 Å². The van der Waals surface area contributed by atoms with Crippen LogP contribution in [-0.4, -0.2) is 36.1 Å². The predicted molar refractivity (Wildman–Crippen MR) is 95.6 cm³/mol. The number of rotatable bonds is 3. The number of nitrogens with zero attached hydrogens (tertiary/aromatic N) is 3. The van der Waals surface area contributed by atoms with Gasteiger partial charge in [0.2, 0.25) is 0 Å². The highest BCUT2D eigenvalue weighted by Gasteiger charge is 2.17. The van der Waals surface area contributed by atoms with Gasteiger partial charge in [0.25, 0.3) is 0 Å². The summed E-state index contributed by atoms with van der Waals surface area (Å²) >= 11 is 0. The molecule has 0 spiro atoms. The maximum atomic E-state index is 13.0. The molecule has 0 aliphatic carbocycles. The summed E-state index contributed by atoms with van der Waals surface area (Å²) in [5, 5.41) is 1.18. The van der Waals surface area contributed by atoms with Gasteiger partial charge in [-0.2, -0.15) is 0 Å². The van der Waals surface area contributed by atoms with Crippen LogP contribution in [0.3, 0.4) is 0 Å². The molecule has 0 bridgehead atoms. The van der Waals surface area contributed by atoms with Gasteiger partial charge in [-0.3, -0.25) is 9.88 Å². The van der Waals surface area contributed by atoms with Crippen LogP contribution in [0.1, 0.15) is 5.69 Å². The standard InChI is InChI=1S/C20H20FN3/c21-17-6-9-19(10-7-17)24-13-11-23(12-14-24)15-18-8-5-16-3-1-2-4-20(16)22-18/h1-10H,11-15H2. The molecule has 0 N–H and O–H groups in total. The molecule has 2 heterocycles. The van der Waals surface area contributed by atoms with Crippen molar-refractivity contribution in [2.75, 3.05) is 31.1 Å². The van der Waals surface area contributed by atoms with Gasteiger partial charge in [-0.05, 0) is 36.4 Å². The zero-order valence-electron chi connectivity index (χ0n) is 13.5. The summed E-state index contributed by atoms with van der Waals surface area (Å²) in [6, 6.07) is 19.3. The Morgan fingerprint density at radius 3 is 2.38 bits per heavy atom. The molecule has 3 aromatic rings. The Kier molecular flexibility index (Phi) is 4.13. The molecule has 1 aliphatic rings. The van der Waals surface area contributed by atoms with Crippen LogP contribution in [0.4, 0.5) is 10.1 Å². The number of hydrogen-bond acceptors (Lipinski definition) is 3. The van der Waals surface area contributed by atoms with Gasteiger partial charge in [0.1, 0.15) is 5.82 Å². The van der Waals surface area contributed by atoms with E-state index in [1.54, 1.807) is 0 Å². The van der Waals surface area contributed by atoms with Gasteiger partial charge in [-0.15, -0.1) is 0 Å². The van der Waals surface area contributed by atoms with Crippen molar-refractivity contribution in [2.24, 2.45) is 0 Å². The summed E-state index contributed by atoms with van der Waals surface area (Å²) in [5.41, 5.74) is 3.27. The minimum absolute atomic E-state index is 0.181. The highest BCUT2D eigenvalue weighted by molar-refractivity contribution is 5.78. The molecule has 4 rings (SSSR count). The Hall–Kier alpha value is -2.46. The van der Waals surface area contributed by atoms with Crippen molar-refractivity contribution in [3.05, 3.63) is 72.2 Å². The van der Waals surface area contributed by atoms with E-state index in [-0.39, 0.29) is 5.82 Å². The number of halogens is 1. The van der Waals surface area contributed by atoms with Crippen LogP contribution >= 0.6 is 0 Å². The normalized spacial score (nSPS) is 15.8. The van der Waals surface area contributed by atoms with Crippen LogP contribution in [0.15, 0.2) is 60.7 Å². The minimum Gasteiger partial charge on any atom is -0.369 e. The fourth-order valence-electron chi connectivity index (χ4n) is 3.24. The van der Waals surface area contributed by atoms with Crippen LogP contribution in [0.25, 0.3) is 10.9 Å². The van der Waals surface area contributed by atoms with Crippen molar-refractivity contribution < 1.29 is 4.39 Å². The van der Waals surface area contributed by atoms with Crippen molar-refractivity contribution >= 4 is 16.6 Å². The third-order valence-corrected chi connectivity index (χ3v) is 4.61. The quantitative estimate of drug-likeness (QED) is 0.733. The van der Waals surface area contributed by atoms with E-state index in [2.05, 4.69) is 34.1 Å². The summed E-state index contributed by atoms with van der Waals surface area (Å²) in [4.78, 5) is 9.50. The molecule has 1 fully saturated rings. The fraction of sp³-hybridized carbons (Fsp3) is 0.250. The van der Waals surface area contributed by atoms with Crippen molar-refractivity contribution in [3.63, 3.8) is 0 Å². The molecule has 0 unspecified atom stereocenters. The second kappa shape index (κ2) is 6.57. The number of para-hydroxylation sites is 1. The zero-order valence-corrected chi connectivity index (χ0v) is 13.5. The molecule has 1 saturated heterocycles. The Balaban J connectivity index is 1.39. The second-order valence-corrected chi connectivity index (χ2v) is 6.23. The Morgan fingerprint density at radius 1 is 0.833 bits per heavy atom. The van der Waals surface area contributed by atoms with Gasteiger partial charge in [0.15, 0.2) is 0 Å². The average molecular weight is 321 g/mol. The molecule has 24 heavy (non-hydrogen) atoms. The van der Waals surface area contributed by atoms with Gasteiger partial charge in [0.05, 0.1) is 11.2 Å². The first-order valence-electron chi connectivity index (χ1n) is 8.35. The third-order valence-electron chi connectivity index (χ3n) is 4.61. The van der Waals surface area contributed by atoms with Crippen molar-refractivity contribution in [1.29, 1.82) is 0 Å². The van der Waals surface area contributed by atoms with Crippen LogP contribution in [-0.2, 0) is 6.54 Å². The summed E-state index contributed by atoms with van der Waals surface area (Å²) in [5.74, 6) is -0.181. The Labute approximate surface area is 141 Å². The van der Waals surface area contributed by atoms with Crippen LogP contribution in [0.5, 0.6) is 0 Å². The predicted octanol–water partition coefficient (Wildman–Crippen LogP) is 3.70. The lowest BCUT2D eigenvalue weighted by molar-refractivity contribution is 0.247. The van der Waals surface area contributed by atoms with E-state index in [0.717, 1.165) is 49.6 Å². The number of fused-ring (bicyclic) bond motifs is 1. The third kappa shape index (κ3) is 3.24. The lowest BCUT2D eigenvalue weighted by Crippen LogP contribution is -2.46. The lowest BCUT2D eigenvalue weighted by atomic mass is 10.2. The SMILES string of the molecule is Fc1ccc(N2CCN(Cc3ccc4ccccc4n3)CC2)cc1. The number of aromatic nitrogens is 1. The van der Waals surface area contributed by atoms with E-state index in [0.29, 0.717) is 0 Å². The molecular weight excluding hydrogens is 301 g/mol.